The van der Waals surface area contributed by atoms with Gasteiger partial charge in [0, 0.05) is 58.9 Å². The monoisotopic (exact) mass is 1070 g/mol. The molecular formula is C75H55N7O. The van der Waals surface area contributed by atoms with Crippen LogP contribution in [0, 0.1) is 11.3 Å². The van der Waals surface area contributed by atoms with E-state index in [2.05, 4.69) is 268 Å². The van der Waals surface area contributed by atoms with Crippen LogP contribution in [0.1, 0.15) is 37.1 Å². The summed E-state index contributed by atoms with van der Waals surface area (Å²) in [5.41, 5.74) is 20.3. The zero-order valence-electron chi connectivity index (χ0n) is 45.7. The molecular weight excluding hydrogens is 1010 g/mol. The summed E-state index contributed by atoms with van der Waals surface area (Å²) in [4.78, 5) is 15.4. The van der Waals surface area contributed by atoms with Crippen LogP contribution in [0.2, 0.25) is 0 Å². The van der Waals surface area contributed by atoms with Crippen LogP contribution < -0.4 is 14.5 Å². The van der Waals surface area contributed by atoms with Crippen LogP contribution in [0.15, 0.2) is 249 Å². The minimum absolute atomic E-state index is 0.428. The lowest BCUT2D eigenvalue weighted by molar-refractivity contribution is 0.483. The fourth-order valence-electron chi connectivity index (χ4n) is 13.2. The van der Waals surface area contributed by atoms with Crippen molar-refractivity contribution in [1.29, 1.82) is 5.26 Å². The Kier molecular flexibility index (Phi) is 11.5. The third-order valence-electron chi connectivity index (χ3n) is 17.4. The van der Waals surface area contributed by atoms with Gasteiger partial charge in [0.05, 0.1) is 50.6 Å². The number of anilines is 4. The van der Waals surface area contributed by atoms with E-state index in [1.165, 1.54) is 5.52 Å². The maximum atomic E-state index is 10.1. The lowest BCUT2D eigenvalue weighted by atomic mass is 9.87. The molecule has 8 nitrogen and oxygen atoms in total. The lowest BCUT2D eigenvalue weighted by Gasteiger charge is -2.28. The summed E-state index contributed by atoms with van der Waals surface area (Å²) in [5, 5.41) is 12.3. The van der Waals surface area contributed by atoms with Gasteiger partial charge in [-0.3, -0.25) is 4.57 Å². The quantitative estimate of drug-likeness (QED) is 0.128. The highest BCUT2D eigenvalue weighted by Gasteiger charge is 2.45. The smallest absolute Gasteiger partial charge is 0.137 e. The Morgan fingerprint density at radius 3 is 1.73 bits per heavy atom. The van der Waals surface area contributed by atoms with E-state index in [1.54, 1.807) is 0 Å². The number of aryl methyl sites for hydroxylation is 2. The van der Waals surface area contributed by atoms with Crippen molar-refractivity contribution in [2.45, 2.75) is 44.1 Å². The van der Waals surface area contributed by atoms with Crippen molar-refractivity contribution in [2.75, 3.05) is 16.5 Å². The third kappa shape index (κ3) is 8.26. The summed E-state index contributed by atoms with van der Waals surface area (Å²) in [7, 11) is 0. The number of hydrogen-bond donors (Lipinski definition) is 0. The number of pyridine rings is 1. The highest BCUT2D eigenvalue weighted by molar-refractivity contribution is 6.10. The minimum atomic E-state index is -0.428. The number of imidazole rings is 1. The summed E-state index contributed by atoms with van der Waals surface area (Å²) in [5.74, 6) is 3.33. The van der Waals surface area contributed by atoms with Gasteiger partial charge < -0.3 is 19.1 Å². The molecule has 0 amide bonds. The number of nitriles is 1. The molecule has 5 heterocycles. The Morgan fingerprint density at radius 2 is 1.10 bits per heavy atom. The van der Waals surface area contributed by atoms with Crippen LogP contribution >= 0.6 is 0 Å². The number of fused-ring (bicyclic) bond motifs is 7. The molecule has 16 rings (SSSR count). The van der Waals surface area contributed by atoms with Crippen molar-refractivity contribution in [3.8, 4) is 79.0 Å². The Labute approximate surface area is 482 Å². The van der Waals surface area contributed by atoms with Gasteiger partial charge in [-0.05, 0) is 124 Å². The van der Waals surface area contributed by atoms with Gasteiger partial charge in [0.1, 0.15) is 29.8 Å². The first-order valence-corrected chi connectivity index (χ1v) is 28.9. The molecule has 396 valence electrons. The molecule has 10 aromatic carbocycles. The molecule has 3 aliphatic rings. The Morgan fingerprint density at radius 1 is 0.482 bits per heavy atom. The van der Waals surface area contributed by atoms with Crippen molar-refractivity contribution in [1.82, 2.24) is 19.1 Å². The molecule has 0 atom stereocenters. The van der Waals surface area contributed by atoms with Crippen molar-refractivity contribution >= 4 is 55.6 Å². The van der Waals surface area contributed by atoms with E-state index in [4.69, 9.17) is 14.7 Å². The third-order valence-corrected chi connectivity index (χ3v) is 17.4. The molecule has 0 spiro atoms. The number of rotatable bonds is 11. The standard InChI is InChI=1S/C75H55N7O/c76-48-75(38-39-75)55-34-37-71(77-47-55)82-66-32-14-13-27-63(66)64-36-35-57(44-67(64)82)83-58-42-54(73-59(50-19-5-1-6-20-50)28-17-29-60(73)51-21-7-2-8-22-51)41-56(43-58)80-49-81(70-46-68-65(45-69(70)80)78-72-33-15-16-40-79(68)72)74-61(52-23-9-3-10-24-52)30-18-31-62(74)53-25-11-4-12-26-53/h1-14,17-32,34-37,41-47H,15-16,33,38-40,49H2. The molecule has 0 saturated heterocycles. The topological polar surface area (TPSA) is 75.1 Å². The molecule has 8 heteroatoms. The first-order valence-electron chi connectivity index (χ1n) is 28.9. The first kappa shape index (κ1) is 48.4. The second-order valence-electron chi connectivity index (χ2n) is 22.3. The Balaban J connectivity index is 0.919. The molecule has 1 saturated carbocycles. The number of benzene rings is 10. The van der Waals surface area contributed by atoms with E-state index < -0.39 is 5.41 Å². The molecule has 2 aliphatic heterocycles. The molecule has 83 heavy (non-hydrogen) atoms. The number of para-hydroxylation sites is 2. The molecule has 13 aromatic rings. The molecule has 0 unspecified atom stereocenters. The van der Waals surface area contributed by atoms with Crippen molar-refractivity contribution in [3.63, 3.8) is 0 Å². The van der Waals surface area contributed by atoms with Crippen molar-refractivity contribution < 1.29 is 4.74 Å². The number of nitrogens with zero attached hydrogens (tertiary/aromatic N) is 7. The van der Waals surface area contributed by atoms with Crippen molar-refractivity contribution in [3.05, 3.63) is 260 Å². The predicted octanol–water partition coefficient (Wildman–Crippen LogP) is 18.8. The Bertz CT molecular complexity index is 4580. The average molecular weight is 1070 g/mol. The van der Waals surface area contributed by atoms with E-state index in [-0.39, 0.29) is 0 Å². The summed E-state index contributed by atoms with van der Waals surface area (Å²) in [6.45, 7) is 1.47. The van der Waals surface area contributed by atoms with Crippen LogP contribution in [-0.4, -0.2) is 25.8 Å². The minimum Gasteiger partial charge on any atom is -0.457 e. The largest absolute Gasteiger partial charge is 0.457 e. The average Bonchev–Trinajstić information content (AvgIpc) is 3.61. The number of aromatic nitrogens is 4. The van der Waals surface area contributed by atoms with E-state index in [1.807, 2.05) is 6.20 Å². The van der Waals surface area contributed by atoms with Gasteiger partial charge in [0.15, 0.2) is 0 Å². The summed E-state index contributed by atoms with van der Waals surface area (Å²) < 4.78 is 12.0. The van der Waals surface area contributed by atoms with Gasteiger partial charge in [-0.2, -0.15) is 5.26 Å². The number of hydrogen-bond acceptors (Lipinski definition) is 6. The second-order valence-corrected chi connectivity index (χ2v) is 22.3. The van der Waals surface area contributed by atoms with Crippen LogP contribution in [-0.2, 0) is 18.4 Å². The summed E-state index contributed by atoms with van der Waals surface area (Å²) >= 11 is 0. The molecule has 3 aromatic heterocycles. The van der Waals surface area contributed by atoms with Crippen LogP contribution in [0.25, 0.3) is 94.3 Å². The zero-order chi connectivity index (χ0) is 55.0. The second kappa shape index (κ2) is 19.6. The van der Waals surface area contributed by atoms with Gasteiger partial charge in [-0.25, -0.2) is 9.97 Å². The number of ether oxygens (including phenoxy) is 1. The van der Waals surface area contributed by atoms with Crippen LogP contribution in [0.5, 0.6) is 11.5 Å². The zero-order valence-corrected chi connectivity index (χ0v) is 45.7. The normalized spacial score (nSPS) is 14.2. The highest BCUT2D eigenvalue weighted by atomic mass is 16.5. The van der Waals surface area contributed by atoms with Crippen molar-refractivity contribution in [2.24, 2.45) is 0 Å². The van der Waals surface area contributed by atoms with E-state index in [0.717, 1.165) is 162 Å². The van der Waals surface area contributed by atoms with Gasteiger partial charge in [0.2, 0.25) is 0 Å². The van der Waals surface area contributed by atoms with Crippen LogP contribution in [0.3, 0.4) is 0 Å². The maximum absolute atomic E-state index is 10.1. The highest BCUT2D eigenvalue weighted by Crippen LogP contribution is 2.54. The van der Waals surface area contributed by atoms with Gasteiger partial charge in [0.25, 0.3) is 0 Å². The van der Waals surface area contributed by atoms with E-state index in [9.17, 15) is 5.26 Å². The fourth-order valence-corrected chi connectivity index (χ4v) is 13.2. The molecule has 1 aliphatic carbocycles. The maximum Gasteiger partial charge on any atom is 0.137 e. The summed E-state index contributed by atoms with van der Waals surface area (Å²) in [6, 6.07) is 89.7. The molecule has 1 fully saturated rings. The summed E-state index contributed by atoms with van der Waals surface area (Å²) in [6.07, 6.45) is 6.86. The van der Waals surface area contributed by atoms with Crippen LogP contribution in [0.4, 0.5) is 22.7 Å². The van der Waals surface area contributed by atoms with E-state index in [0.29, 0.717) is 18.2 Å². The predicted molar refractivity (Wildman–Crippen MR) is 337 cm³/mol. The Hall–Kier alpha value is -10.5. The van der Waals surface area contributed by atoms with Gasteiger partial charge >= 0.3 is 0 Å². The lowest BCUT2D eigenvalue weighted by Crippen LogP contribution is -2.25. The fraction of sp³-hybridized carbons (Fsp3) is 0.107. The van der Waals surface area contributed by atoms with Gasteiger partial charge in [-0.15, -0.1) is 0 Å². The molecule has 0 N–H and O–H groups in total. The molecule has 0 bridgehead atoms. The van der Waals surface area contributed by atoms with Gasteiger partial charge in [-0.1, -0.05) is 182 Å². The SMILES string of the molecule is N#CC1(c2ccc(-n3c4ccccc4c4ccc(Oc5cc(-c6c(-c7ccccc7)cccc6-c6ccccc6)cc(N6CN(c7c(-c8ccccc8)cccc7-c7ccccc7)c7cc8c(cc76)nc6n8CCCC6)c5)cc43)nc2)CC1. The first-order chi connectivity index (χ1) is 41.1. The van der Waals surface area contributed by atoms with E-state index >= 15 is 0 Å². The molecule has 0 radical (unpaired) electrons.